The van der Waals surface area contributed by atoms with Crippen molar-refractivity contribution in [2.24, 2.45) is 0 Å². The number of hydrogen-bond donors (Lipinski definition) is 2. The van der Waals surface area contributed by atoms with Crippen molar-refractivity contribution >= 4 is 11.5 Å². The van der Waals surface area contributed by atoms with E-state index in [1.165, 1.54) is 19.2 Å². The van der Waals surface area contributed by atoms with Gasteiger partial charge in [0.1, 0.15) is 5.75 Å². The molecule has 1 aromatic heterocycles. The zero-order chi connectivity index (χ0) is 21.5. The van der Waals surface area contributed by atoms with Crippen LogP contribution >= 0.6 is 0 Å². The molecule has 1 atom stereocenters. The summed E-state index contributed by atoms with van der Waals surface area (Å²) < 4.78 is 45.5. The third-order valence-electron chi connectivity index (χ3n) is 5.46. The summed E-state index contributed by atoms with van der Waals surface area (Å²) in [5, 5.41) is 2.79. The van der Waals surface area contributed by atoms with Gasteiger partial charge in [-0.25, -0.2) is 0 Å². The van der Waals surface area contributed by atoms with Crippen LogP contribution in [-0.4, -0.2) is 24.0 Å². The largest absolute Gasteiger partial charge is 0.496 e. The average Bonchev–Trinajstić information content (AvgIpc) is 3.46. The second-order valence-electron chi connectivity index (χ2n) is 7.64. The van der Waals surface area contributed by atoms with E-state index < -0.39 is 11.7 Å². The van der Waals surface area contributed by atoms with Gasteiger partial charge >= 0.3 is 6.18 Å². The lowest BCUT2D eigenvalue weighted by atomic mass is 9.96. The predicted molar refractivity (Wildman–Crippen MR) is 105 cm³/mol. The van der Waals surface area contributed by atoms with E-state index in [1.54, 1.807) is 18.2 Å². The Hall–Kier alpha value is -3.03. The molecule has 5 nitrogen and oxygen atoms in total. The van der Waals surface area contributed by atoms with Crippen molar-refractivity contribution in [2.75, 3.05) is 7.11 Å². The first-order valence-corrected chi connectivity index (χ1v) is 9.76. The summed E-state index contributed by atoms with van der Waals surface area (Å²) in [4.78, 5) is 26.9. The number of aromatic nitrogens is 1. The molecule has 2 aromatic rings. The van der Waals surface area contributed by atoms with Crippen LogP contribution in [0.3, 0.4) is 0 Å². The number of carbonyl (C=O) groups excluding carboxylic acids is 1. The number of carbonyl (C=O) groups is 1. The Morgan fingerprint density at radius 3 is 2.47 bits per heavy atom. The Balaban J connectivity index is 1.82. The van der Waals surface area contributed by atoms with Gasteiger partial charge in [-0.3, -0.25) is 9.59 Å². The molecular formula is C22H21F3N2O3. The first-order chi connectivity index (χ1) is 14.3. The number of H-pyrrole nitrogens is 1. The second kappa shape index (κ2) is 7.66. The maximum Gasteiger partial charge on any atom is 0.419 e. The van der Waals surface area contributed by atoms with E-state index >= 15 is 0 Å². The van der Waals surface area contributed by atoms with Crippen molar-refractivity contribution in [1.82, 2.24) is 10.3 Å². The van der Waals surface area contributed by atoms with Crippen LogP contribution in [0.2, 0.25) is 0 Å². The summed E-state index contributed by atoms with van der Waals surface area (Å²) in [5.41, 5.74) is 0.664. The number of hydrogen-bond acceptors (Lipinski definition) is 3. The van der Waals surface area contributed by atoms with Crippen LogP contribution in [-0.2, 0) is 11.0 Å². The number of halogens is 3. The predicted octanol–water partition coefficient (Wildman–Crippen LogP) is 3.99. The van der Waals surface area contributed by atoms with Gasteiger partial charge in [0.05, 0.1) is 12.7 Å². The molecule has 158 valence electrons. The summed E-state index contributed by atoms with van der Waals surface area (Å²) in [5.74, 6) is -0.140. The normalized spacial score (nSPS) is 19.7. The molecule has 1 aliphatic heterocycles. The first-order valence-electron chi connectivity index (χ1n) is 9.76. The molecular weight excluding hydrogens is 397 g/mol. The fourth-order valence-corrected chi connectivity index (χ4v) is 3.76. The van der Waals surface area contributed by atoms with E-state index in [1.807, 2.05) is 0 Å². The van der Waals surface area contributed by atoms with Crippen LogP contribution in [0.25, 0.3) is 5.57 Å². The lowest BCUT2D eigenvalue weighted by molar-refractivity contribution is -0.138. The minimum absolute atomic E-state index is 0.112. The smallest absolute Gasteiger partial charge is 0.419 e. The topological polar surface area (TPSA) is 71.2 Å². The summed E-state index contributed by atoms with van der Waals surface area (Å²) >= 11 is 0. The molecule has 30 heavy (non-hydrogen) atoms. The summed E-state index contributed by atoms with van der Waals surface area (Å²) in [6.45, 7) is 0. The van der Waals surface area contributed by atoms with E-state index in [4.69, 9.17) is 4.74 Å². The Morgan fingerprint density at radius 2 is 1.90 bits per heavy atom. The number of pyridine rings is 1. The van der Waals surface area contributed by atoms with Gasteiger partial charge in [0.15, 0.2) is 0 Å². The monoisotopic (exact) mass is 418 g/mol. The highest BCUT2D eigenvalue weighted by molar-refractivity contribution is 5.82. The number of ether oxygens (including phenoxy) is 1. The van der Waals surface area contributed by atoms with Gasteiger partial charge in [-0.1, -0.05) is 18.2 Å². The van der Waals surface area contributed by atoms with Crippen LogP contribution in [0.1, 0.15) is 54.0 Å². The van der Waals surface area contributed by atoms with Crippen LogP contribution in [0.15, 0.2) is 41.2 Å². The summed E-state index contributed by atoms with van der Waals surface area (Å²) in [7, 11) is 1.18. The SMILES string of the molecule is COc1ccc(C(=C[C@H]2CCC(=O)N2)c2ccc(C3CC3)c(=O)[nH]2)cc1C(F)(F)F. The zero-order valence-corrected chi connectivity index (χ0v) is 16.3. The van der Waals surface area contributed by atoms with Crippen LogP contribution in [0.4, 0.5) is 13.2 Å². The van der Waals surface area contributed by atoms with Gasteiger partial charge in [-0.2, -0.15) is 13.2 Å². The molecule has 1 saturated carbocycles. The highest BCUT2D eigenvalue weighted by atomic mass is 19.4. The molecule has 8 heteroatoms. The molecule has 2 fully saturated rings. The average molecular weight is 418 g/mol. The van der Waals surface area contributed by atoms with E-state index in [0.29, 0.717) is 29.7 Å². The Morgan fingerprint density at radius 1 is 1.13 bits per heavy atom. The fourth-order valence-electron chi connectivity index (χ4n) is 3.76. The molecule has 0 unspecified atom stereocenters. The van der Waals surface area contributed by atoms with Crippen molar-refractivity contribution in [3.63, 3.8) is 0 Å². The molecule has 0 spiro atoms. The zero-order valence-electron chi connectivity index (χ0n) is 16.3. The van der Waals surface area contributed by atoms with E-state index in [9.17, 15) is 22.8 Å². The summed E-state index contributed by atoms with van der Waals surface area (Å²) in [6, 6.07) is 6.92. The lowest BCUT2D eigenvalue weighted by Crippen LogP contribution is -2.24. The molecule has 2 N–H and O–H groups in total. The molecule has 0 radical (unpaired) electrons. The van der Waals surface area contributed by atoms with E-state index in [-0.39, 0.29) is 34.7 Å². The van der Waals surface area contributed by atoms with Gasteiger partial charge < -0.3 is 15.0 Å². The maximum atomic E-state index is 13.5. The van der Waals surface area contributed by atoms with Gasteiger partial charge in [-0.05, 0) is 48.9 Å². The lowest BCUT2D eigenvalue weighted by Gasteiger charge is -2.17. The quantitative estimate of drug-likeness (QED) is 0.771. The van der Waals surface area contributed by atoms with Crippen molar-refractivity contribution in [3.05, 3.63) is 69.1 Å². The van der Waals surface area contributed by atoms with Crippen LogP contribution < -0.4 is 15.6 Å². The molecule has 4 rings (SSSR count). The standard InChI is InChI=1S/C22H21F3N2O3/c1-30-19-8-4-13(10-17(19)22(23,24)25)16(11-14-5-9-20(28)26-14)18-7-6-15(12-2-3-12)21(29)27-18/h4,6-8,10-12,14H,2-3,5,9H2,1H3,(H,26,28)(H,27,29)/t14-/m1/s1. The molecule has 1 saturated heterocycles. The molecule has 1 aromatic carbocycles. The summed E-state index contributed by atoms with van der Waals surface area (Å²) in [6.07, 6.45) is -0.0808. The van der Waals surface area contributed by atoms with Crippen LogP contribution in [0, 0.1) is 0 Å². The number of amides is 1. The minimum atomic E-state index is -4.60. The molecule has 2 heterocycles. The number of methoxy groups -OCH3 is 1. The molecule has 1 amide bonds. The first kappa shape index (κ1) is 20.3. The fraction of sp³-hybridized carbons (Fsp3) is 0.364. The van der Waals surface area contributed by atoms with Gasteiger partial charge in [0.25, 0.3) is 5.56 Å². The van der Waals surface area contributed by atoms with E-state index in [2.05, 4.69) is 10.3 Å². The minimum Gasteiger partial charge on any atom is -0.496 e. The Labute approximate surface area is 171 Å². The highest BCUT2D eigenvalue weighted by Gasteiger charge is 2.35. The number of aromatic amines is 1. The van der Waals surface area contributed by atoms with Crippen molar-refractivity contribution in [3.8, 4) is 5.75 Å². The maximum absolute atomic E-state index is 13.5. The molecule has 1 aliphatic carbocycles. The van der Waals surface area contributed by atoms with Gasteiger partial charge in [0, 0.05) is 29.3 Å². The Kier molecular flexibility index (Phi) is 5.17. The third kappa shape index (κ3) is 4.13. The number of alkyl halides is 3. The number of benzene rings is 1. The Bertz CT molecular complexity index is 1070. The molecule has 2 aliphatic rings. The van der Waals surface area contributed by atoms with Gasteiger partial charge in [-0.15, -0.1) is 0 Å². The molecule has 0 bridgehead atoms. The van der Waals surface area contributed by atoms with Crippen molar-refractivity contribution < 1.29 is 22.7 Å². The number of nitrogens with one attached hydrogen (secondary N) is 2. The van der Waals surface area contributed by atoms with Crippen molar-refractivity contribution in [2.45, 2.75) is 43.8 Å². The highest BCUT2D eigenvalue weighted by Crippen LogP contribution is 2.40. The number of rotatable bonds is 5. The second-order valence-corrected chi connectivity index (χ2v) is 7.64. The third-order valence-corrected chi connectivity index (χ3v) is 5.46. The van der Waals surface area contributed by atoms with Crippen LogP contribution in [0.5, 0.6) is 5.75 Å². The van der Waals surface area contributed by atoms with Gasteiger partial charge in [0.2, 0.25) is 5.91 Å². The van der Waals surface area contributed by atoms with E-state index in [0.717, 1.165) is 18.9 Å². The van der Waals surface area contributed by atoms with Crippen molar-refractivity contribution in [1.29, 1.82) is 0 Å².